The van der Waals surface area contributed by atoms with Gasteiger partial charge in [-0.2, -0.15) is 0 Å². The Morgan fingerprint density at radius 3 is 2.53 bits per heavy atom. The fraction of sp³-hybridized carbons (Fsp3) is 1.00. The summed E-state index contributed by atoms with van der Waals surface area (Å²) in [5.41, 5.74) is 0.638. The van der Waals surface area contributed by atoms with Gasteiger partial charge < -0.3 is 10.1 Å². The van der Waals surface area contributed by atoms with Crippen LogP contribution in [-0.2, 0) is 4.74 Å². The molecule has 2 fully saturated rings. The average Bonchev–Trinajstić information content (AvgIpc) is 2.72. The first-order chi connectivity index (χ1) is 7.92. The molecule has 0 bridgehead atoms. The summed E-state index contributed by atoms with van der Waals surface area (Å²) in [5, 5.41) is 3.60. The van der Waals surface area contributed by atoms with E-state index in [-0.39, 0.29) is 5.60 Å². The van der Waals surface area contributed by atoms with Crippen molar-refractivity contribution >= 4 is 0 Å². The van der Waals surface area contributed by atoms with Crippen LogP contribution in [0.3, 0.4) is 0 Å². The molecular weight excluding hydrogens is 210 g/mol. The normalized spacial score (nSPS) is 40.9. The van der Waals surface area contributed by atoms with Gasteiger partial charge in [0, 0.05) is 6.04 Å². The Morgan fingerprint density at radius 1 is 1.18 bits per heavy atom. The Labute approximate surface area is 107 Å². The van der Waals surface area contributed by atoms with E-state index in [4.69, 9.17) is 4.74 Å². The van der Waals surface area contributed by atoms with Gasteiger partial charge >= 0.3 is 0 Å². The molecule has 2 nitrogen and oxygen atoms in total. The first-order valence-electron chi connectivity index (χ1n) is 7.34. The van der Waals surface area contributed by atoms with Crippen LogP contribution in [0.4, 0.5) is 0 Å². The molecule has 0 aromatic carbocycles. The molecule has 3 unspecified atom stereocenters. The summed E-state index contributed by atoms with van der Waals surface area (Å²) < 4.78 is 6.15. The van der Waals surface area contributed by atoms with Crippen LogP contribution in [0.1, 0.15) is 66.2 Å². The highest BCUT2D eigenvalue weighted by molar-refractivity contribution is 4.93. The van der Waals surface area contributed by atoms with Gasteiger partial charge in [-0.25, -0.2) is 0 Å². The highest BCUT2D eigenvalue weighted by atomic mass is 16.5. The molecule has 100 valence electrons. The molecule has 0 radical (unpaired) electrons. The lowest BCUT2D eigenvalue weighted by molar-refractivity contribution is -0.0332. The summed E-state index contributed by atoms with van der Waals surface area (Å²) in [6.45, 7) is 10.2. The number of hydrogen-bond acceptors (Lipinski definition) is 2. The summed E-state index contributed by atoms with van der Waals surface area (Å²) in [6.07, 6.45) is 8.30. The minimum atomic E-state index is 0.126. The molecule has 17 heavy (non-hydrogen) atoms. The van der Waals surface area contributed by atoms with Crippen molar-refractivity contribution in [3.05, 3.63) is 0 Å². The zero-order valence-electron chi connectivity index (χ0n) is 12.0. The predicted molar refractivity (Wildman–Crippen MR) is 72.2 cm³/mol. The van der Waals surface area contributed by atoms with Gasteiger partial charge in [0.1, 0.15) is 0 Å². The summed E-state index contributed by atoms with van der Waals surface area (Å²) >= 11 is 0. The number of nitrogens with one attached hydrogen (secondary N) is 1. The largest absolute Gasteiger partial charge is 0.372 e. The van der Waals surface area contributed by atoms with Crippen LogP contribution in [-0.4, -0.2) is 24.3 Å². The molecule has 2 rings (SSSR count). The maximum Gasteiger partial charge on any atom is 0.0631 e. The summed E-state index contributed by atoms with van der Waals surface area (Å²) in [5.74, 6) is 0. The maximum atomic E-state index is 6.15. The SMILES string of the molecule is CCNC1CCC(C)(CC2CCC(C)(C)O2)C1. The van der Waals surface area contributed by atoms with Gasteiger partial charge in [-0.05, 0) is 64.3 Å². The molecule has 0 amide bonds. The summed E-state index contributed by atoms with van der Waals surface area (Å²) in [7, 11) is 0. The Hall–Kier alpha value is -0.0800. The number of hydrogen-bond donors (Lipinski definition) is 1. The van der Waals surface area contributed by atoms with Crippen molar-refractivity contribution in [2.75, 3.05) is 6.54 Å². The van der Waals surface area contributed by atoms with Gasteiger partial charge in [0.2, 0.25) is 0 Å². The Kier molecular flexibility index (Phi) is 3.84. The van der Waals surface area contributed by atoms with Gasteiger partial charge in [0.25, 0.3) is 0 Å². The van der Waals surface area contributed by atoms with Crippen LogP contribution < -0.4 is 5.32 Å². The molecule has 0 spiro atoms. The lowest BCUT2D eigenvalue weighted by Crippen LogP contribution is -2.29. The highest BCUT2D eigenvalue weighted by Gasteiger charge is 2.40. The number of ether oxygens (including phenoxy) is 1. The monoisotopic (exact) mass is 239 g/mol. The molecule has 1 aliphatic heterocycles. The first kappa shape index (κ1) is 13.4. The van der Waals surface area contributed by atoms with E-state index in [1.807, 2.05) is 0 Å². The van der Waals surface area contributed by atoms with E-state index < -0.39 is 0 Å². The fourth-order valence-electron chi connectivity index (χ4n) is 3.74. The zero-order chi connectivity index (χ0) is 12.5. The quantitative estimate of drug-likeness (QED) is 0.810. The fourth-order valence-corrected chi connectivity index (χ4v) is 3.74. The second kappa shape index (κ2) is 4.89. The molecule has 1 aliphatic carbocycles. The third-order valence-electron chi connectivity index (χ3n) is 4.60. The zero-order valence-corrected chi connectivity index (χ0v) is 12.0. The van der Waals surface area contributed by atoms with E-state index in [9.17, 15) is 0 Å². The van der Waals surface area contributed by atoms with Crippen LogP contribution in [0.15, 0.2) is 0 Å². The molecule has 1 heterocycles. The van der Waals surface area contributed by atoms with E-state index in [0.717, 1.165) is 12.6 Å². The summed E-state index contributed by atoms with van der Waals surface area (Å²) in [6, 6.07) is 0.749. The topological polar surface area (TPSA) is 21.3 Å². The van der Waals surface area contributed by atoms with Gasteiger partial charge in [-0.3, -0.25) is 0 Å². The van der Waals surface area contributed by atoms with Crippen LogP contribution in [0.5, 0.6) is 0 Å². The van der Waals surface area contributed by atoms with Crippen molar-refractivity contribution < 1.29 is 4.74 Å². The van der Waals surface area contributed by atoms with E-state index in [1.54, 1.807) is 0 Å². The van der Waals surface area contributed by atoms with Crippen molar-refractivity contribution in [1.29, 1.82) is 0 Å². The number of rotatable bonds is 4. The second-order valence-corrected chi connectivity index (χ2v) is 7.05. The Bertz CT molecular complexity index is 264. The van der Waals surface area contributed by atoms with Gasteiger partial charge in [-0.15, -0.1) is 0 Å². The van der Waals surface area contributed by atoms with Gasteiger partial charge in [0.05, 0.1) is 11.7 Å². The molecular formula is C15H29NO. The van der Waals surface area contributed by atoms with Crippen LogP contribution in [0.25, 0.3) is 0 Å². The van der Waals surface area contributed by atoms with E-state index in [1.165, 1.54) is 38.5 Å². The Balaban J connectivity index is 1.83. The molecule has 0 aromatic heterocycles. The van der Waals surface area contributed by atoms with Crippen molar-refractivity contribution in [2.45, 2.75) is 84.0 Å². The minimum absolute atomic E-state index is 0.126. The average molecular weight is 239 g/mol. The van der Waals surface area contributed by atoms with Crippen LogP contribution in [0, 0.1) is 5.41 Å². The van der Waals surface area contributed by atoms with Gasteiger partial charge in [-0.1, -0.05) is 13.8 Å². The van der Waals surface area contributed by atoms with E-state index in [0.29, 0.717) is 11.5 Å². The molecule has 0 aromatic rings. The van der Waals surface area contributed by atoms with Gasteiger partial charge in [0.15, 0.2) is 0 Å². The standard InChI is InChI=1S/C15H29NO/c1-5-16-12-6-9-15(4,10-12)11-13-7-8-14(2,3)17-13/h12-13,16H,5-11H2,1-4H3. The lowest BCUT2D eigenvalue weighted by atomic mass is 9.82. The van der Waals surface area contributed by atoms with Crippen molar-refractivity contribution in [3.63, 3.8) is 0 Å². The first-order valence-corrected chi connectivity index (χ1v) is 7.34. The van der Waals surface area contributed by atoms with Crippen LogP contribution in [0.2, 0.25) is 0 Å². The second-order valence-electron chi connectivity index (χ2n) is 7.05. The molecule has 1 saturated heterocycles. The molecule has 2 heteroatoms. The van der Waals surface area contributed by atoms with E-state index in [2.05, 4.69) is 33.0 Å². The summed E-state index contributed by atoms with van der Waals surface area (Å²) in [4.78, 5) is 0. The van der Waals surface area contributed by atoms with Crippen molar-refractivity contribution in [1.82, 2.24) is 5.32 Å². The maximum absolute atomic E-state index is 6.15. The molecule has 1 N–H and O–H groups in total. The van der Waals surface area contributed by atoms with Crippen LogP contribution >= 0.6 is 0 Å². The smallest absolute Gasteiger partial charge is 0.0631 e. The predicted octanol–water partition coefficient (Wildman–Crippen LogP) is 3.50. The molecule has 2 aliphatic rings. The highest BCUT2D eigenvalue weighted by Crippen LogP contribution is 2.45. The van der Waals surface area contributed by atoms with Crippen molar-refractivity contribution in [2.24, 2.45) is 5.41 Å². The Morgan fingerprint density at radius 2 is 1.94 bits per heavy atom. The molecule has 3 atom stereocenters. The van der Waals surface area contributed by atoms with E-state index >= 15 is 0 Å². The third-order valence-corrected chi connectivity index (χ3v) is 4.60. The minimum Gasteiger partial charge on any atom is -0.372 e. The van der Waals surface area contributed by atoms with Crippen molar-refractivity contribution in [3.8, 4) is 0 Å². The lowest BCUT2D eigenvalue weighted by Gasteiger charge is -2.29. The molecule has 1 saturated carbocycles. The third kappa shape index (κ3) is 3.45.